The zero-order valence-electron chi connectivity index (χ0n) is 12.9. The van der Waals surface area contributed by atoms with Crippen molar-refractivity contribution < 1.29 is 14.6 Å². The van der Waals surface area contributed by atoms with Crippen LogP contribution >= 0.6 is 0 Å². The summed E-state index contributed by atoms with van der Waals surface area (Å²) in [5, 5.41) is 14.8. The minimum atomic E-state index is -0.251. The number of unbranched alkanes of at least 4 members (excludes halogenated alkanes) is 1. The maximum absolute atomic E-state index is 12.0. The maximum atomic E-state index is 12.0. The average molecular weight is 304 g/mol. The summed E-state index contributed by atoms with van der Waals surface area (Å²) in [7, 11) is 0. The molecular weight excluding hydrogens is 280 g/mol. The van der Waals surface area contributed by atoms with Gasteiger partial charge < -0.3 is 20.5 Å². The minimum absolute atomic E-state index is 0.0267. The SMILES string of the molecule is CCCCOc1cccc(NC(=O)N[C@@H]2C=C[C@H](CO)C2)c1. The van der Waals surface area contributed by atoms with Crippen molar-refractivity contribution in [3.8, 4) is 5.75 Å². The molecule has 0 saturated heterocycles. The molecule has 5 nitrogen and oxygen atoms in total. The van der Waals surface area contributed by atoms with Crippen LogP contribution in [0.15, 0.2) is 36.4 Å². The van der Waals surface area contributed by atoms with Crippen LogP contribution in [-0.4, -0.2) is 30.4 Å². The third kappa shape index (κ3) is 5.07. The van der Waals surface area contributed by atoms with Crippen molar-refractivity contribution in [3.05, 3.63) is 36.4 Å². The maximum Gasteiger partial charge on any atom is 0.319 e. The lowest BCUT2D eigenvalue weighted by Crippen LogP contribution is -2.36. The smallest absolute Gasteiger partial charge is 0.319 e. The second kappa shape index (κ2) is 8.44. The number of carbonyl (C=O) groups excluding carboxylic acids is 1. The quantitative estimate of drug-likeness (QED) is 0.536. The molecular formula is C17H24N2O3. The van der Waals surface area contributed by atoms with Crippen molar-refractivity contribution in [3.63, 3.8) is 0 Å². The lowest BCUT2D eigenvalue weighted by Gasteiger charge is -2.14. The number of aliphatic hydroxyl groups excluding tert-OH is 1. The highest BCUT2D eigenvalue weighted by Crippen LogP contribution is 2.19. The summed E-state index contributed by atoms with van der Waals surface area (Å²) in [5.74, 6) is 0.896. The molecule has 5 heteroatoms. The molecule has 0 saturated carbocycles. The van der Waals surface area contributed by atoms with E-state index in [2.05, 4.69) is 17.6 Å². The molecule has 2 amide bonds. The Morgan fingerprint density at radius 3 is 3.00 bits per heavy atom. The van der Waals surface area contributed by atoms with Crippen molar-refractivity contribution in [1.29, 1.82) is 0 Å². The standard InChI is InChI=1S/C17H24N2O3/c1-2-3-9-22-16-6-4-5-14(11-16)18-17(21)19-15-8-7-13(10-15)12-20/h4-8,11,13,15,20H,2-3,9-10,12H2,1H3,(H2,18,19,21)/t13-,15+/m0/s1. The number of nitrogens with one attached hydrogen (secondary N) is 2. The summed E-state index contributed by atoms with van der Waals surface area (Å²) in [6.45, 7) is 2.92. The summed E-state index contributed by atoms with van der Waals surface area (Å²) in [4.78, 5) is 12.0. The first-order valence-corrected chi connectivity index (χ1v) is 7.81. The molecule has 1 aliphatic rings. The predicted octanol–water partition coefficient (Wildman–Crippen LogP) is 2.92. The van der Waals surface area contributed by atoms with E-state index in [0.717, 1.165) is 25.0 Å². The number of hydrogen-bond donors (Lipinski definition) is 3. The molecule has 0 fully saturated rings. The number of amides is 2. The fraction of sp³-hybridized carbons (Fsp3) is 0.471. The van der Waals surface area contributed by atoms with E-state index in [4.69, 9.17) is 9.84 Å². The fourth-order valence-electron chi connectivity index (χ4n) is 2.35. The van der Waals surface area contributed by atoms with Gasteiger partial charge in [0.1, 0.15) is 5.75 Å². The highest BCUT2D eigenvalue weighted by molar-refractivity contribution is 5.89. The lowest BCUT2D eigenvalue weighted by molar-refractivity contribution is 0.238. The number of hydrogen-bond acceptors (Lipinski definition) is 3. The van der Waals surface area contributed by atoms with E-state index in [-0.39, 0.29) is 24.6 Å². The van der Waals surface area contributed by atoms with Crippen LogP contribution in [0.5, 0.6) is 5.75 Å². The molecule has 0 unspecified atom stereocenters. The largest absolute Gasteiger partial charge is 0.494 e. The van der Waals surface area contributed by atoms with Gasteiger partial charge in [-0.1, -0.05) is 31.6 Å². The molecule has 2 atom stereocenters. The molecule has 3 N–H and O–H groups in total. The number of aliphatic hydroxyl groups is 1. The third-order valence-electron chi connectivity index (χ3n) is 3.58. The van der Waals surface area contributed by atoms with Gasteiger partial charge >= 0.3 is 6.03 Å². The van der Waals surface area contributed by atoms with Gasteiger partial charge in [-0.3, -0.25) is 0 Å². The molecule has 2 rings (SSSR count). The highest BCUT2D eigenvalue weighted by atomic mass is 16.5. The Bertz CT molecular complexity index is 516. The summed E-state index contributed by atoms with van der Waals surface area (Å²) in [5.41, 5.74) is 0.701. The topological polar surface area (TPSA) is 70.6 Å². The summed E-state index contributed by atoms with van der Waals surface area (Å²) in [6, 6.07) is 7.10. The minimum Gasteiger partial charge on any atom is -0.494 e. The molecule has 1 aromatic carbocycles. The Labute approximate surface area is 131 Å². The first-order valence-electron chi connectivity index (χ1n) is 7.81. The molecule has 0 heterocycles. The fourth-order valence-corrected chi connectivity index (χ4v) is 2.35. The molecule has 0 aliphatic heterocycles. The second-order valence-corrected chi connectivity index (χ2v) is 5.50. The Morgan fingerprint density at radius 1 is 1.41 bits per heavy atom. The number of carbonyl (C=O) groups is 1. The number of ether oxygens (including phenoxy) is 1. The van der Waals surface area contributed by atoms with Gasteiger partial charge in [0.15, 0.2) is 0 Å². The van der Waals surface area contributed by atoms with Crippen LogP contribution in [0.25, 0.3) is 0 Å². The molecule has 22 heavy (non-hydrogen) atoms. The summed E-state index contributed by atoms with van der Waals surface area (Å²) >= 11 is 0. The van der Waals surface area contributed by atoms with Crippen LogP contribution in [0, 0.1) is 5.92 Å². The van der Waals surface area contributed by atoms with E-state index in [9.17, 15) is 4.79 Å². The number of rotatable bonds is 7. The first-order chi connectivity index (χ1) is 10.7. The van der Waals surface area contributed by atoms with Gasteiger partial charge in [0.05, 0.1) is 6.61 Å². The number of anilines is 1. The normalized spacial score (nSPS) is 19.9. The molecule has 0 spiro atoms. The van der Waals surface area contributed by atoms with Crippen LogP contribution in [0.2, 0.25) is 0 Å². The van der Waals surface area contributed by atoms with Gasteiger partial charge in [0.2, 0.25) is 0 Å². The van der Waals surface area contributed by atoms with Crippen molar-refractivity contribution in [2.75, 3.05) is 18.5 Å². The van der Waals surface area contributed by atoms with Gasteiger partial charge in [-0.2, -0.15) is 0 Å². The Balaban J connectivity index is 1.81. The molecule has 0 radical (unpaired) electrons. The van der Waals surface area contributed by atoms with Gasteiger partial charge in [0, 0.05) is 30.3 Å². The highest BCUT2D eigenvalue weighted by Gasteiger charge is 2.19. The Kier molecular flexibility index (Phi) is 6.27. The first kappa shape index (κ1) is 16.4. The second-order valence-electron chi connectivity index (χ2n) is 5.50. The molecule has 1 aliphatic carbocycles. The van der Waals surface area contributed by atoms with Crippen LogP contribution in [-0.2, 0) is 0 Å². The molecule has 1 aromatic rings. The van der Waals surface area contributed by atoms with Crippen molar-refractivity contribution in [1.82, 2.24) is 5.32 Å². The van der Waals surface area contributed by atoms with E-state index in [1.165, 1.54) is 0 Å². The van der Waals surface area contributed by atoms with Gasteiger partial charge in [-0.05, 0) is 25.0 Å². The van der Waals surface area contributed by atoms with E-state index in [1.807, 2.05) is 36.4 Å². The van der Waals surface area contributed by atoms with Gasteiger partial charge in [-0.25, -0.2) is 4.79 Å². The zero-order chi connectivity index (χ0) is 15.8. The lowest BCUT2D eigenvalue weighted by atomic mass is 10.1. The Hall–Kier alpha value is -2.01. The monoisotopic (exact) mass is 304 g/mol. The number of urea groups is 1. The van der Waals surface area contributed by atoms with E-state index in [1.54, 1.807) is 0 Å². The number of benzene rings is 1. The van der Waals surface area contributed by atoms with E-state index >= 15 is 0 Å². The van der Waals surface area contributed by atoms with E-state index < -0.39 is 0 Å². The predicted molar refractivity (Wildman–Crippen MR) is 87.1 cm³/mol. The third-order valence-corrected chi connectivity index (χ3v) is 3.58. The summed E-state index contributed by atoms with van der Waals surface area (Å²) in [6.07, 6.45) is 6.70. The average Bonchev–Trinajstić information content (AvgIpc) is 2.95. The van der Waals surface area contributed by atoms with Crippen LogP contribution < -0.4 is 15.4 Å². The molecule has 120 valence electrons. The van der Waals surface area contributed by atoms with Gasteiger partial charge in [-0.15, -0.1) is 0 Å². The summed E-state index contributed by atoms with van der Waals surface area (Å²) < 4.78 is 5.62. The van der Waals surface area contributed by atoms with Crippen LogP contribution in [0.1, 0.15) is 26.2 Å². The van der Waals surface area contributed by atoms with Gasteiger partial charge in [0.25, 0.3) is 0 Å². The van der Waals surface area contributed by atoms with Crippen molar-refractivity contribution in [2.45, 2.75) is 32.2 Å². The molecule has 0 aromatic heterocycles. The van der Waals surface area contributed by atoms with E-state index in [0.29, 0.717) is 12.3 Å². The Morgan fingerprint density at radius 2 is 2.27 bits per heavy atom. The van der Waals surface area contributed by atoms with Crippen molar-refractivity contribution in [2.24, 2.45) is 5.92 Å². The van der Waals surface area contributed by atoms with Crippen LogP contribution in [0.4, 0.5) is 10.5 Å². The van der Waals surface area contributed by atoms with Crippen LogP contribution in [0.3, 0.4) is 0 Å². The zero-order valence-corrected chi connectivity index (χ0v) is 12.9. The van der Waals surface area contributed by atoms with Crippen molar-refractivity contribution >= 4 is 11.7 Å². The molecule has 0 bridgehead atoms.